The second-order valence-corrected chi connectivity index (χ2v) is 5.16. The highest BCUT2D eigenvalue weighted by Crippen LogP contribution is 2.39. The molecule has 3 nitrogen and oxygen atoms in total. The van der Waals surface area contributed by atoms with Crippen molar-refractivity contribution in [3.05, 3.63) is 30.1 Å². The summed E-state index contributed by atoms with van der Waals surface area (Å²) in [6.45, 7) is 0. The van der Waals surface area contributed by atoms with Crippen LogP contribution >= 0.6 is 11.8 Å². The third-order valence-electron chi connectivity index (χ3n) is 2.80. The molecule has 2 N–H and O–H groups in total. The molecule has 0 amide bonds. The molecule has 0 bridgehead atoms. The van der Waals surface area contributed by atoms with E-state index in [1.807, 2.05) is 34.4 Å². The Hall–Kier alpha value is -1.16. The van der Waals surface area contributed by atoms with Crippen molar-refractivity contribution in [2.75, 3.05) is 11.5 Å². The predicted molar refractivity (Wildman–Crippen MR) is 64.0 cm³/mol. The number of aromatic nitrogens is 2. The summed E-state index contributed by atoms with van der Waals surface area (Å²) in [5, 5.41) is 0.573. The molecule has 3 heterocycles. The van der Waals surface area contributed by atoms with E-state index in [0.29, 0.717) is 5.25 Å². The fourth-order valence-electron chi connectivity index (χ4n) is 2.02. The van der Waals surface area contributed by atoms with Gasteiger partial charge in [0.05, 0.1) is 5.69 Å². The van der Waals surface area contributed by atoms with Crippen molar-refractivity contribution in [1.82, 2.24) is 9.38 Å². The molecule has 0 radical (unpaired) electrons. The van der Waals surface area contributed by atoms with Gasteiger partial charge in [-0.15, -0.1) is 0 Å². The fraction of sp³-hybridized carbons (Fsp3) is 0.364. The number of hydrogen-bond donors (Lipinski definition) is 1. The van der Waals surface area contributed by atoms with Gasteiger partial charge in [-0.2, -0.15) is 11.8 Å². The quantitative estimate of drug-likeness (QED) is 0.801. The van der Waals surface area contributed by atoms with E-state index >= 15 is 0 Å². The van der Waals surface area contributed by atoms with Gasteiger partial charge in [-0.05, 0) is 30.7 Å². The van der Waals surface area contributed by atoms with Crippen LogP contribution < -0.4 is 5.73 Å². The van der Waals surface area contributed by atoms with Crippen molar-refractivity contribution in [1.29, 1.82) is 0 Å². The summed E-state index contributed by atoms with van der Waals surface area (Å²) < 4.78 is 1.97. The van der Waals surface area contributed by atoms with Crippen molar-refractivity contribution in [2.45, 2.75) is 18.1 Å². The summed E-state index contributed by atoms with van der Waals surface area (Å²) in [5.74, 6) is 2.02. The van der Waals surface area contributed by atoms with E-state index in [1.165, 1.54) is 24.3 Å². The third-order valence-corrected chi connectivity index (χ3v) is 4.21. The summed E-state index contributed by atoms with van der Waals surface area (Å²) in [6.07, 6.45) is 4.63. The highest BCUT2D eigenvalue weighted by molar-refractivity contribution is 7.99. The number of nitrogen functional groups attached to an aromatic ring is 1. The molecule has 1 aliphatic rings. The summed E-state index contributed by atoms with van der Waals surface area (Å²) in [4.78, 5) is 4.62. The SMILES string of the molecule is Nc1cccc2nc(C3CCCS3)cn12. The van der Waals surface area contributed by atoms with Gasteiger partial charge in [-0.1, -0.05) is 6.07 Å². The Kier molecular flexibility index (Phi) is 2.09. The Bertz CT molecular complexity index is 486. The van der Waals surface area contributed by atoms with Crippen LogP contribution in [-0.4, -0.2) is 15.1 Å². The smallest absolute Gasteiger partial charge is 0.138 e. The normalized spacial score (nSPS) is 21.2. The topological polar surface area (TPSA) is 43.3 Å². The van der Waals surface area contributed by atoms with E-state index in [9.17, 15) is 0 Å². The van der Waals surface area contributed by atoms with E-state index in [1.54, 1.807) is 0 Å². The second-order valence-electron chi connectivity index (χ2n) is 3.85. The van der Waals surface area contributed by atoms with Gasteiger partial charge in [-0.3, -0.25) is 4.40 Å². The first-order valence-electron chi connectivity index (χ1n) is 5.20. The molecular formula is C11H13N3S. The third kappa shape index (κ3) is 1.49. The second kappa shape index (κ2) is 3.45. The largest absolute Gasteiger partial charge is 0.385 e. The molecule has 0 saturated carbocycles. The summed E-state index contributed by atoms with van der Waals surface area (Å²) >= 11 is 2.00. The van der Waals surface area contributed by atoms with E-state index in [2.05, 4.69) is 11.2 Å². The summed E-state index contributed by atoms with van der Waals surface area (Å²) in [7, 11) is 0. The molecule has 2 aromatic rings. The van der Waals surface area contributed by atoms with E-state index in [-0.39, 0.29) is 0 Å². The predicted octanol–water partition coefficient (Wildman–Crippen LogP) is 2.48. The van der Waals surface area contributed by atoms with Crippen LogP contribution in [0, 0.1) is 0 Å². The van der Waals surface area contributed by atoms with Crippen molar-refractivity contribution in [2.24, 2.45) is 0 Å². The van der Waals surface area contributed by atoms with Crippen LogP contribution in [0.1, 0.15) is 23.8 Å². The number of fused-ring (bicyclic) bond motifs is 1. The van der Waals surface area contributed by atoms with E-state index in [4.69, 9.17) is 5.73 Å². The number of anilines is 1. The van der Waals surface area contributed by atoms with Gasteiger partial charge in [-0.25, -0.2) is 4.98 Å². The van der Waals surface area contributed by atoms with Crippen LogP contribution in [0.2, 0.25) is 0 Å². The number of imidazole rings is 1. The number of nitrogens with two attached hydrogens (primary N) is 1. The van der Waals surface area contributed by atoms with Crippen molar-refractivity contribution in [3.8, 4) is 0 Å². The molecule has 1 fully saturated rings. The van der Waals surface area contributed by atoms with E-state index in [0.717, 1.165) is 11.5 Å². The van der Waals surface area contributed by atoms with Crippen LogP contribution in [0.3, 0.4) is 0 Å². The van der Waals surface area contributed by atoms with Crippen LogP contribution in [-0.2, 0) is 0 Å². The lowest BCUT2D eigenvalue weighted by atomic mass is 10.2. The lowest BCUT2D eigenvalue weighted by molar-refractivity contribution is 0.813. The van der Waals surface area contributed by atoms with Crippen molar-refractivity contribution >= 4 is 23.2 Å². The maximum absolute atomic E-state index is 5.88. The Balaban J connectivity index is 2.09. The molecule has 1 atom stereocenters. The lowest BCUT2D eigenvalue weighted by Crippen LogP contribution is -1.93. The Labute approximate surface area is 92.7 Å². The van der Waals surface area contributed by atoms with Gasteiger partial charge >= 0.3 is 0 Å². The van der Waals surface area contributed by atoms with Crippen molar-refractivity contribution < 1.29 is 0 Å². The molecule has 3 rings (SSSR count). The van der Waals surface area contributed by atoms with Gasteiger partial charge in [0.15, 0.2) is 0 Å². The Morgan fingerprint density at radius 2 is 2.40 bits per heavy atom. The number of pyridine rings is 1. The molecule has 1 aliphatic heterocycles. The molecule has 1 saturated heterocycles. The zero-order valence-electron chi connectivity index (χ0n) is 8.39. The van der Waals surface area contributed by atoms with Crippen LogP contribution in [0.15, 0.2) is 24.4 Å². The summed E-state index contributed by atoms with van der Waals surface area (Å²) in [6, 6.07) is 5.85. The molecule has 1 unspecified atom stereocenters. The van der Waals surface area contributed by atoms with Gasteiger partial charge in [0.2, 0.25) is 0 Å². The Morgan fingerprint density at radius 3 is 3.13 bits per heavy atom. The van der Waals surface area contributed by atoms with Crippen molar-refractivity contribution in [3.63, 3.8) is 0 Å². The number of hydrogen-bond acceptors (Lipinski definition) is 3. The van der Waals surface area contributed by atoms with Crippen LogP contribution in [0.25, 0.3) is 5.65 Å². The zero-order chi connectivity index (χ0) is 10.3. The van der Waals surface area contributed by atoms with Gasteiger partial charge in [0.1, 0.15) is 11.5 Å². The summed E-state index contributed by atoms with van der Waals surface area (Å²) in [5.41, 5.74) is 8.02. The minimum Gasteiger partial charge on any atom is -0.385 e. The fourth-order valence-corrected chi connectivity index (χ4v) is 3.25. The monoisotopic (exact) mass is 219 g/mol. The minimum atomic E-state index is 0.573. The minimum absolute atomic E-state index is 0.573. The average molecular weight is 219 g/mol. The van der Waals surface area contributed by atoms with Crippen LogP contribution in [0.5, 0.6) is 0 Å². The molecule has 2 aromatic heterocycles. The molecule has 0 spiro atoms. The maximum Gasteiger partial charge on any atom is 0.138 e. The molecule has 4 heteroatoms. The molecule has 15 heavy (non-hydrogen) atoms. The highest BCUT2D eigenvalue weighted by atomic mass is 32.2. The number of rotatable bonds is 1. The number of thioether (sulfide) groups is 1. The first kappa shape index (κ1) is 9.09. The van der Waals surface area contributed by atoms with Gasteiger partial charge in [0, 0.05) is 11.4 Å². The van der Waals surface area contributed by atoms with Gasteiger partial charge in [0.25, 0.3) is 0 Å². The maximum atomic E-state index is 5.88. The molecule has 0 aliphatic carbocycles. The van der Waals surface area contributed by atoms with Crippen LogP contribution in [0.4, 0.5) is 5.82 Å². The average Bonchev–Trinajstić information content (AvgIpc) is 2.86. The molecule has 0 aromatic carbocycles. The van der Waals surface area contributed by atoms with E-state index < -0.39 is 0 Å². The first-order chi connectivity index (χ1) is 7.34. The van der Waals surface area contributed by atoms with Gasteiger partial charge < -0.3 is 5.73 Å². The molecular weight excluding hydrogens is 206 g/mol. The number of nitrogens with zero attached hydrogens (tertiary/aromatic N) is 2. The zero-order valence-corrected chi connectivity index (χ0v) is 9.20. The highest BCUT2D eigenvalue weighted by Gasteiger charge is 2.20. The molecule has 78 valence electrons. The first-order valence-corrected chi connectivity index (χ1v) is 6.24. The standard InChI is InChI=1S/C11H13N3S/c12-10-4-1-5-11-13-8(7-14(10)11)9-3-2-6-15-9/h1,4-5,7,9H,2-3,6,12H2. The lowest BCUT2D eigenvalue weighted by Gasteiger charge is -2.01. The Morgan fingerprint density at radius 1 is 1.47 bits per heavy atom.